The highest BCUT2D eigenvalue weighted by molar-refractivity contribution is 6.14. The molecule has 0 unspecified atom stereocenters. The van der Waals surface area contributed by atoms with Gasteiger partial charge in [-0.05, 0) is 44.5 Å². The Kier molecular flexibility index (Phi) is 5.72. The molecule has 0 spiro atoms. The van der Waals surface area contributed by atoms with Gasteiger partial charge >= 0.3 is 0 Å². The molecule has 2 heterocycles. The number of fused-ring (bicyclic) bond motifs is 1. The molecule has 31 heavy (non-hydrogen) atoms. The maximum atomic E-state index is 6.37. The van der Waals surface area contributed by atoms with Gasteiger partial charge in [-0.2, -0.15) is 0 Å². The summed E-state index contributed by atoms with van der Waals surface area (Å²) >= 11 is 0. The summed E-state index contributed by atoms with van der Waals surface area (Å²) in [6.07, 6.45) is 3.50. The van der Waals surface area contributed by atoms with Crippen LogP contribution in [0.1, 0.15) is 29.5 Å². The van der Waals surface area contributed by atoms with E-state index in [-0.39, 0.29) is 0 Å². The first-order valence-corrected chi connectivity index (χ1v) is 11.1. The third kappa shape index (κ3) is 4.08. The first kappa shape index (κ1) is 19.8. The fraction of sp³-hybridized carbons (Fsp3) is 0.296. The van der Waals surface area contributed by atoms with E-state index in [1.54, 1.807) is 7.11 Å². The van der Waals surface area contributed by atoms with Crippen molar-refractivity contribution in [3.63, 3.8) is 0 Å². The summed E-state index contributed by atoms with van der Waals surface area (Å²) in [4.78, 5) is 7.69. The van der Waals surface area contributed by atoms with E-state index in [1.165, 1.54) is 12.8 Å². The van der Waals surface area contributed by atoms with Crippen molar-refractivity contribution >= 4 is 11.4 Å². The van der Waals surface area contributed by atoms with E-state index in [0.717, 1.165) is 59.1 Å². The van der Waals surface area contributed by atoms with Gasteiger partial charge in [0, 0.05) is 22.7 Å². The Morgan fingerprint density at radius 3 is 2.16 bits per heavy atom. The largest absolute Gasteiger partial charge is 0.496 e. The molecule has 0 N–H and O–H groups in total. The molecule has 0 aromatic heterocycles. The van der Waals surface area contributed by atoms with Gasteiger partial charge in [0.25, 0.3) is 0 Å². The molecule has 0 bridgehead atoms. The van der Waals surface area contributed by atoms with Crippen LogP contribution in [-0.2, 0) is 6.42 Å². The molecule has 5 rings (SSSR count). The van der Waals surface area contributed by atoms with Crippen LogP contribution in [0.2, 0.25) is 0 Å². The molecule has 0 radical (unpaired) electrons. The Balaban J connectivity index is 1.58. The van der Waals surface area contributed by atoms with Crippen molar-refractivity contribution in [2.24, 2.45) is 4.99 Å². The number of benzene rings is 3. The van der Waals surface area contributed by atoms with Gasteiger partial charge in [-0.25, -0.2) is 4.99 Å². The average Bonchev–Trinajstić information content (AvgIpc) is 3.38. The molecular weight excluding hydrogens is 384 g/mol. The van der Waals surface area contributed by atoms with E-state index < -0.39 is 0 Å². The van der Waals surface area contributed by atoms with Gasteiger partial charge in [0.15, 0.2) is 5.75 Å². The first-order chi connectivity index (χ1) is 15.3. The van der Waals surface area contributed by atoms with E-state index >= 15 is 0 Å². The first-order valence-electron chi connectivity index (χ1n) is 11.1. The second-order valence-corrected chi connectivity index (χ2v) is 8.20. The van der Waals surface area contributed by atoms with Crippen LogP contribution in [0.4, 0.5) is 5.69 Å². The second-order valence-electron chi connectivity index (χ2n) is 8.20. The fourth-order valence-corrected chi connectivity index (χ4v) is 4.65. The lowest BCUT2D eigenvalue weighted by atomic mass is 9.98. The van der Waals surface area contributed by atoms with Crippen LogP contribution in [0.5, 0.6) is 11.5 Å². The molecule has 1 saturated heterocycles. The standard InChI is InChI=1S/C27H28N2O2/c1-30-25-15-14-24(27-23(25)18-22(19-31-27)29-16-8-9-17-29)28-26(20-10-4-2-5-11-20)21-12-6-3-7-13-21/h2-7,10-15,22H,8-9,16-19H2,1H3/t22-/m1/s1. The molecule has 1 fully saturated rings. The van der Waals surface area contributed by atoms with Crippen LogP contribution in [0.15, 0.2) is 77.8 Å². The van der Waals surface area contributed by atoms with Gasteiger partial charge in [-0.3, -0.25) is 4.90 Å². The van der Waals surface area contributed by atoms with Gasteiger partial charge in [0.1, 0.15) is 18.0 Å². The third-order valence-corrected chi connectivity index (χ3v) is 6.26. The Morgan fingerprint density at radius 2 is 1.55 bits per heavy atom. The topological polar surface area (TPSA) is 34.1 Å². The highest BCUT2D eigenvalue weighted by Gasteiger charge is 2.30. The number of hydrogen-bond acceptors (Lipinski definition) is 4. The zero-order valence-corrected chi connectivity index (χ0v) is 18.0. The summed E-state index contributed by atoms with van der Waals surface area (Å²) in [5, 5.41) is 0. The van der Waals surface area contributed by atoms with E-state index in [9.17, 15) is 0 Å². The molecule has 0 amide bonds. The highest BCUT2D eigenvalue weighted by atomic mass is 16.5. The number of likely N-dealkylation sites (tertiary alicyclic amines) is 1. The Morgan fingerprint density at radius 1 is 0.903 bits per heavy atom. The normalized spacial score (nSPS) is 18.2. The average molecular weight is 413 g/mol. The fourth-order valence-electron chi connectivity index (χ4n) is 4.65. The monoisotopic (exact) mass is 412 g/mol. The van der Waals surface area contributed by atoms with Crippen LogP contribution in [0.25, 0.3) is 0 Å². The summed E-state index contributed by atoms with van der Waals surface area (Å²) in [6, 6.07) is 25.1. The SMILES string of the molecule is COc1ccc(N=C(c2ccccc2)c2ccccc2)c2c1C[C@@H](N1CCCC1)CO2. The molecule has 2 aliphatic rings. The van der Waals surface area contributed by atoms with Crippen molar-refractivity contribution < 1.29 is 9.47 Å². The van der Waals surface area contributed by atoms with Crippen LogP contribution >= 0.6 is 0 Å². The van der Waals surface area contributed by atoms with E-state index in [1.807, 2.05) is 24.3 Å². The van der Waals surface area contributed by atoms with Crippen molar-refractivity contribution in [2.45, 2.75) is 25.3 Å². The smallest absolute Gasteiger partial charge is 0.151 e. The molecule has 4 nitrogen and oxygen atoms in total. The lowest BCUT2D eigenvalue weighted by Crippen LogP contribution is -2.41. The van der Waals surface area contributed by atoms with Gasteiger partial charge in [0.05, 0.1) is 12.8 Å². The molecule has 158 valence electrons. The number of nitrogens with zero attached hydrogens (tertiary/aromatic N) is 2. The Bertz CT molecular complexity index is 1020. The lowest BCUT2D eigenvalue weighted by molar-refractivity contribution is 0.141. The third-order valence-electron chi connectivity index (χ3n) is 6.26. The summed E-state index contributed by atoms with van der Waals surface area (Å²) in [6.45, 7) is 3.03. The van der Waals surface area contributed by atoms with Gasteiger partial charge in [-0.1, -0.05) is 60.7 Å². The van der Waals surface area contributed by atoms with Crippen LogP contribution in [0, 0.1) is 0 Å². The van der Waals surface area contributed by atoms with Crippen molar-refractivity contribution in [1.29, 1.82) is 0 Å². The van der Waals surface area contributed by atoms with E-state index in [4.69, 9.17) is 14.5 Å². The molecule has 2 aliphatic heterocycles. The summed E-state index contributed by atoms with van der Waals surface area (Å²) < 4.78 is 12.1. The zero-order chi connectivity index (χ0) is 21.0. The van der Waals surface area contributed by atoms with Gasteiger partial charge in [-0.15, -0.1) is 0 Å². The molecule has 1 atom stereocenters. The number of methoxy groups -OCH3 is 1. The highest BCUT2D eigenvalue weighted by Crippen LogP contribution is 2.42. The van der Waals surface area contributed by atoms with Crippen molar-refractivity contribution in [3.05, 3.63) is 89.5 Å². The predicted octanol–water partition coefficient (Wildman–Crippen LogP) is 5.26. The maximum Gasteiger partial charge on any atom is 0.151 e. The summed E-state index contributed by atoms with van der Waals surface area (Å²) in [5.41, 5.74) is 5.11. The Labute approximate surface area is 184 Å². The quantitative estimate of drug-likeness (QED) is 0.536. The molecule has 3 aromatic carbocycles. The van der Waals surface area contributed by atoms with Crippen LogP contribution in [0.3, 0.4) is 0 Å². The maximum absolute atomic E-state index is 6.37. The number of ether oxygens (including phenoxy) is 2. The van der Waals surface area contributed by atoms with Gasteiger partial charge < -0.3 is 9.47 Å². The minimum absolute atomic E-state index is 0.408. The number of aliphatic imine (C=N–C) groups is 1. The molecule has 0 saturated carbocycles. The minimum atomic E-state index is 0.408. The lowest BCUT2D eigenvalue weighted by Gasteiger charge is -2.33. The van der Waals surface area contributed by atoms with Crippen molar-refractivity contribution in [3.8, 4) is 11.5 Å². The van der Waals surface area contributed by atoms with Crippen molar-refractivity contribution in [1.82, 2.24) is 4.90 Å². The van der Waals surface area contributed by atoms with Crippen LogP contribution in [-0.4, -0.2) is 43.5 Å². The molecule has 4 heteroatoms. The predicted molar refractivity (Wildman–Crippen MR) is 125 cm³/mol. The van der Waals surface area contributed by atoms with E-state index in [0.29, 0.717) is 12.6 Å². The van der Waals surface area contributed by atoms with E-state index in [2.05, 4.69) is 53.4 Å². The molecular formula is C27H28N2O2. The second kappa shape index (κ2) is 8.94. The molecule has 0 aliphatic carbocycles. The minimum Gasteiger partial charge on any atom is -0.496 e. The van der Waals surface area contributed by atoms with Crippen molar-refractivity contribution in [2.75, 3.05) is 26.8 Å². The summed E-state index contributed by atoms with van der Waals surface area (Å²) in [5.74, 6) is 1.75. The zero-order valence-electron chi connectivity index (χ0n) is 18.0. The number of rotatable bonds is 5. The van der Waals surface area contributed by atoms with Crippen LogP contribution < -0.4 is 9.47 Å². The van der Waals surface area contributed by atoms with Gasteiger partial charge in [0.2, 0.25) is 0 Å². The molecule has 3 aromatic rings. The number of hydrogen-bond donors (Lipinski definition) is 0. The Hall–Kier alpha value is -3.11. The summed E-state index contributed by atoms with van der Waals surface area (Å²) in [7, 11) is 1.73.